The monoisotopic (exact) mass is 466 g/mol. The van der Waals surface area contributed by atoms with Crippen LogP contribution in [-0.4, -0.2) is 44.3 Å². The van der Waals surface area contributed by atoms with Crippen molar-refractivity contribution in [2.75, 3.05) is 18.9 Å². The van der Waals surface area contributed by atoms with E-state index in [2.05, 4.69) is 31.8 Å². The van der Waals surface area contributed by atoms with Crippen LogP contribution in [-0.2, 0) is 19.6 Å². The number of halogens is 1. The minimum atomic E-state index is -3.86. The number of hydrogen-bond acceptors (Lipinski definition) is 5. The van der Waals surface area contributed by atoms with Gasteiger partial charge in [0.05, 0.1) is 17.7 Å². The Kier molecular flexibility index (Phi) is 7.44. The Labute approximate surface area is 171 Å². The molecule has 0 aromatic heterocycles. The molecule has 2 amide bonds. The quantitative estimate of drug-likeness (QED) is 0.481. The van der Waals surface area contributed by atoms with Gasteiger partial charge in [0.1, 0.15) is 0 Å². The molecule has 2 rings (SSSR count). The van der Waals surface area contributed by atoms with Crippen molar-refractivity contribution in [3.05, 3.63) is 58.6 Å². The Morgan fingerprint density at radius 2 is 1.86 bits per heavy atom. The summed E-state index contributed by atoms with van der Waals surface area (Å²) in [6.45, 7) is 0.960. The lowest BCUT2D eigenvalue weighted by Gasteiger charge is -2.16. The van der Waals surface area contributed by atoms with Gasteiger partial charge >= 0.3 is 0 Å². The molecule has 0 aliphatic carbocycles. The molecule has 0 heterocycles. The highest BCUT2D eigenvalue weighted by Crippen LogP contribution is 2.17. The molecule has 0 bridgehead atoms. The molecule has 2 N–H and O–H groups in total. The average Bonchev–Trinajstić information content (AvgIpc) is 2.61. The maximum atomic E-state index is 12.5. The third kappa shape index (κ3) is 6.25. The maximum Gasteiger partial charge on any atom is 0.255 e. The molecule has 148 valence electrons. The number of hydrazone groups is 1. The van der Waals surface area contributed by atoms with E-state index in [0.29, 0.717) is 5.69 Å². The molecule has 0 unspecified atom stereocenters. The van der Waals surface area contributed by atoms with Crippen LogP contribution in [0.4, 0.5) is 5.69 Å². The molecule has 0 saturated carbocycles. The van der Waals surface area contributed by atoms with E-state index in [4.69, 9.17) is 0 Å². The summed E-state index contributed by atoms with van der Waals surface area (Å²) in [6.07, 6.45) is 1.46. The van der Waals surface area contributed by atoms with Crippen molar-refractivity contribution in [2.45, 2.75) is 11.8 Å². The molecule has 10 heteroatoms. The second-order valence-electron chi connectivity index (χ2n) is 5.81. The van der Waals surface area contributed by atoms with E-state index < -0.39 is 22.5 Å². The Balaban J connectivity index is 1.97. The van der Waals surface area contributed by atoms with Crippen LogP contribution in [0, 0.1) is 0 Å². The van der Waals surface area contributed by atoms with E-state index in [-0.39, 0.29) is 10.8 Å². The summed E-state index contributed by atoms with van der Waals surface area (Å²) in [5, 5.41) is 6.38. The number of hydrogen-bond donors (Lipinski definition) is 2. The Morgan fingerprint density at radius 3 is 2.46 bits per heavy atom. The largest absolute Gasteiger partial charge is 0.326 e. The van der Waals surface area contributed by atoms with Gasteiger partial charge in [-0.25, -0.2) is 13.8 Å². The zero-order chi connectivity index (χ0) is 20.7. The Bertz CT molecular complexity index is 991. The van der Waals surface area contributed by atoms with E-state index in [9.17, 15) is 18.0 Å². The molecular formula is C18H19BrN4O4S. The summed E-state index contributed by atoms with van der Waals surface area (Å²) in [4.78, 5) is 23.0. The van der Waals surface area contributed by atoms with Gasteiger partial charge < -0.3 is 5.32 Å². The summed E-state index contributed by atoms with van der Waals surface area (Å²) in [7, 11) is -2.56. The lowest BCUT2D eigenvalue weighted by molar-refractivity contribution is -0.121. The zero-order valence-corrected chi connectivity index (χ0v) is 17.6. The highest BCUT2D eigenvalue weighted by molar-refractivity contribution is 9.10. The average molecular weight is 467 g/mol. The van der Waals surface area contributed by atoms with Crippen molar-refractivity contribution in [1.82, 2.24) is 9.73 Å². The Hall–Kier alpha value is -2.56. The van der Waals surface area contributed by atoms with Crippen LogP contribution in [0.2, 0.25) is 0 Å². The third-order valence-electron chi connectivity index (χ3n) is 3.50. The molecule has 0 atom stereocenters. The first-order valence-corrected chi connectivity index (χ1v) is 10.3. The van der Waals surface area contributed by atoms with E-state index >= 15 is 0 Å². The minimum Gasteiger partial charge on any atom is -0.326 e. The number of carbonyl (C=O) groups is 2. The van der Waals surface area contributed by atoms with Crippen molar-refractivity contribution in [1.29, 1.82) is 0 Å². The number of amides is 2. The van der Waals surface area contributed by atoms with Crippen molar-refractivity contribution in [3.8, 4) is 0 Å². The molecule has 0 aliphatic rings. The van der Waals surface area contributed by atoms with E-state index in [1.54, 1.807) is 0 Å². The van der Waals surface area contributed by atoms with Gasteiger partial charge in [-0.15, -0.1) is 0 Å². The maximum absolute atomic E-state index is 12.5. The summed E-state index contributed by atoms with van der Waals surface area (Å²) in [6, 6.07) is 13.0. The van der Waals surface area contributed by atoms with Crippen LogP contribution in [0.15, 0.2) is 63.0 Å². The van der Waals surface area contributed by atoms with Gasteiger partial charge in [0.15, 0.2) is 0 Å². The predicted octanol–water partition coefficient (Wildman–Crippen LogP) is 2.18. The van der Waals surface area contributed by atoms with Gasteiger partial charge in [0.25, 0.3) is 5.91 Å². The molecule has 0 spiro atoms. The second-order valence-corrected chi connectivity index (χ2v) is 8.78. The minimum absolute atomic E-state index is 0.00883. The summed E-state index contributed by atoms with van der Waals surface area (Å²) < 4.78 is 26.9. The number of anilines is 1. The van der Waals surface area contributed by atoms with Gasteiger partial charge in [-0.2, -0.15) is 9.41 Å². The van der Waals surface area contributed by atoms with Crippen LogP contribution >= 0.6 is 15.9 Å². The summed E-state index contributed by atoms with van der Waals surface area (Å²) in [5.41, 5.74) is 3.55. The molecule has 0 radical (unpaired) electrons. The molecule has 2 aromatic rings. The molecule has 28 heavy (non-hydrogen) atoms. The Morgan fingerprint density at radius 1 is 1.18 bits per heavy atom. The fourth-order valence-corrected chi connectivity index (χ4v) is 3.73. The summed E-state index contributed by atoms with van der Waals surface area (Å²) in [5.74, 6) is -0.833. The number of likely N-dealkylation sites (N-methyl/N-ethyl adjacent to an activating group) is 1. The van der Waals surface area contributed by atoms with Gasteiger partial charge in [-0.05, 0) is 42.0 Å². The molecular weight excluding hydrogens is 448 g/mol. The van der Waals surface area contributed by atoms with Gasteiger partial charge in [0.2, 0.25) is 15.9 Å². The van der Waals surface area contributed by atoms with Gasteiger partial charge in [0, 0.05) is 24.1 Å². The van der Waals surface area contributed by atoms with E-state index in [1.165, 1.54) is 44.5 Å². The fraction of sp³-hybridized carbons (Fsp3) is 0.167. The van der Waals surface area contributed by atoms with Crippen molar-refractivity contribution in [3.63, 3.8) is 0 Å². The predicted molar refractivity (Wildman–Crippen MR) is 110 cm³/mol. The summed E-state index contributed by atoms with van der Waals surface area (Å²) >= 11 is 3.33. The first kappa shape index (κ1) is 21.7. The SMILES string of the molecule is CC(=O)Nc1ccc(S(=O)(=O)N(C)CC(=O)N/N=C\c2cccc(Br)c2)cc1. The standard InChI is InChI=1S/C18H19BrN4O4S/c1-13(24)21-16-6-8-17(9-7-16)28(26,27)23(2)12-18(25)22-20-11-14-4-3-5-15(19)10-14/h3-11H,12H2,1-2H3,(H,21,24)(H,22,25)/b20-11-. The second kappa shape index (κ2) is 9.58. The van der Waals surface area contributed by atoms with Crippen LogP contribution in [0.1, 0.15) is 12.5 Å². The fourth-order valence-electron chi connectivity index (χ4n) is 2.18. The van der Waals surface area contributed by atoms with Crippen LogP contribution < -0.4 is 10.7 Å². The van der Waals surface area contributed by atoms with Gasteiger partial charge in [-0.1, -0.05) is 28.1 Å². The smallest absolute Gasteiger partial charge is 0.255 e. The van der Waals surface area contributed by atoms with Crippen LogP contribution in [0.3, 0.4) is 0 Å². The number of sulfonamides is 1. The number of nitrogens with zero attached hydrogens (tertiary/aromatic N) is 2. The third-order valence-corrected chi connectivity index (χ3v) is 5.81. The van der Waals surface area contributed by atoms with Crippen LogP contribution in [0.25, 0.3) is 0 Å². The number of rotatable bonds is 7. The van der Waals surface area contributed by atoms with Crippen molar-refractivity contribution < 1.29 is 18.0 Å². The lowest BCUT2D eigenvalue weighted by Crippen LogP contribution is -2.36. The lowest BCUT2D eigenvalue weighted by atomic mass is 10.2. The highest BCUT2D eigenvalue weighted by atomic mass is 79.9. The molecule has 2 aromatic carbocycles. The number of nitrogens with one attached hydrogen (secondary N) is 2. The zero-order valence-electron chi connectivity index (χ0n) is 15.2. The normalized spacial score (nSPS) is 11.6. The van der Waals surface area contributed by atoms with Gasteiger partial charge in [-0.3, -0.25) is 9.59 Å². The first-order chi connectivity index (χ1) is 13.2. The van der Waals surface area contributed by atoms with E-state index in [0.717, 1.165) is 14.3 Å². The van der Waals surface area contributed by atoms with Crippen LogP contribution in [0.5, 0.6) is 0 Å². The first-order valence-electron chi connectivity index (χ1n) is 8.10. The molecule has 0 aliphatic heterocycles. The topological polar surface area (TPSA) is 108 Å². The highest BCUT2D eigenvalue weighted by Gasteiger charge is 2.22. The number of benzene rings is 2. The number of carbonyl (C=O) groups excluding carboxylic acids is 2. The van der Waals surface area contributed by atoms with Crippen molar-refractivity contribution >= 4 is 49.7 Å². The van der Waals surface area contributed by atoms with E-state index in [1.807, 2.05) is 24.3 Å². The van der Waals surface area contributed by atoms with Crippen molar-refractivity contribution in [2.24, 2.45) is 5.10 Å². The molecule has 0 fully saturated rings. The molecule has 8 nitrogen and oxygen atoms in total. The molecule has 0 saturated heterocycles.